The summed E-state index contributed by atoms with van der Waals surface area (Å²) < 4.78 is 1.74. The first-order valence-corrected chi connectivity index (χ1v) is 10.2. The minimum absolute atomic E-state index is 0.0726. The van der Waals surface area contributed by atoms with Gasteiger partial charge in [0.25, 0.3) is 11.1 Å². The second kappa shape index (κ2) is 7.37. The molecule has 0 bridgehead atoms. The van der Waals surface area contributed by atoms with Crippen LogP contribution in [0.1, 0.15) is 43.2 Å². The summed E-state index contributed by atoms with van der Waals surface area (Å²) in [6, 6.07) is 17.7. The van der Waals surface area contributed by atoms with E-state index in [0.29, 0.717) is 15.9 Å². The first-order chi connectivity index (χ1) is 13.8. The molecule has 4 rings (SSSR count). The third-order valence-electron chi connectivity index (χ3n) is 4.74. The highest BCUT2D eigenvalue weighted by Crippen LogP contribution is 2.22. The number of aromatic nitrogens is 3. The van der Waals surface area contributed by atoms with E-state index in [1.165, 1.54) is 21.4 Å². The Hall–Kier alpha value is -3.12. The van der Waals surface area contributed by atoms with Crippen molar-refractivity contribution in [2.75, 3.05) is 0 Å². The lowest BCUT2D eigenvalue weighted by atomic mass is 9.87. The van der Waals surface area contributed by atoms with Gasteiger partial charge in [0.2, 0.25) is 4.96 Å². The fourth-order valence-corrected chi connectivity index (χ4v) is 3.98. The molecule has 29 heavy (non-hydrogen) atoms. The van der Waals surface area contributed by atoms with Gasteiger partial charge in [0.05, 0.1) is 4.53 Å². The van der Waals surface area contributed by atoms with E-state index in [4.69, 9.17) is 0 Å². The van der Waals surface area contributed by atoms with E-state index in [2.05, 4.69) is 43.0 Å². The molecule has 0 fully saturated rings. The van der Waals surface area contributed by atoms with Gasteiger partial charge in [0.15, 0.2) is 0 Å². The Morgan fingerprint density at radius 1 is 1.00 bits per heavy atom. The molecule has 5 nitrogen and oxygen atoms in total. The Bertz CT molecular complexity index is 1330. The number of benzene rings is 2. The summed E-state index contributed by atoms with van der Waals surface area (Å²) in [5, 5.41) is 4.30. The molecule has 0 spiro atoms. The Balaban J connectivity index is 1.75. The maximum absolute atomic E-state index is 12.8. The number of thiazole rings is 1. The standard InChI is InChI=1S/C23H21N3O2S/c1-23(2,3)17-11-9-16(10-12-17)14-19-21(28)26-22(29-19)24-20(27)18(25-26)13-15-7-5-4-6-8-15/h4-12,14H,13H2,1-3H3/b19-14+. The Labute approximate surface area is 172 Å². The average Bonchev–Trinajstić information content (AvgIpc) is 2.97. The lowest BCUT2D eigenvalue weighted by Crippen LogP contribution is -2.28. The molecule has 0 saturated heterocycles. The second-order valence-electron chi connectivity index (χ2n) is 8.01. The summed E-state index contributed by atoms with van der Waals surface area (Å²) in [5.41, 5.74) is 2.80. The average molecular weight is 404 g/mol. The van der Waals surface area contributed by atoms with Crippen LogP contribution in [-0.4, -0.2) is 14.6 Å². The summed E-state index contributed by atoms with van der Waals surface area (Å²) in [7, 11) is 0. The Morgan fingerprint density at radius 2 is 1.69 bits per heavy atom. The van der Waals surface area contributed by atoms with Crippen LogP contribution < -0.4 is 15.7 Å². The highest BCUT2D eigenvalue weighted by Gasteiger charge is 2.13. The molecule has 2 aromatic heterocycles. The molecule has 0 atom stereocenters. The number of fused-ring (bicyclic) bond motifs is 1. The van der Waals surface area contributed by atoms with Crippen LogP contribution in [-0.2, 0) is 11.8 Å². The zero-order valence-electron chi connectivity index (χ0n) is 16.5. The summed E-state index contributed by atoms with van der Waals surface area (Å²) in [6.45, 7) is 6.49. The molecule has 0 aliphatic rings. The SMILES string of the molecule is CC(C)(C)c1ccc(/C=c2/sc3nc(=O)c(Cc4ccccc4)nn3c2=O)cc1. The zero-order valence-corrected chi connectivity index (χ0v) is 17.4. The third-order valence-corrected chi connectivity index (χ3v) is 5.70. The third kappa shape index (κ3) is 4.03. The van der Waals surface area contributed by atoms with Crippen molar-refractivity contribution >= 4 is 22.4 Å². The summed E-state index contributed by atoms with van der Waals surface area (Å²) >= 11 is 1.18. The number of hydrogen-bond acceptors (Lipinski definition) is 5. The maximum atomic E-state index is 12.8. The van der Waals surface area contributed by atoms with Crippen molar-refractivity contribution in [1.29, 1.82) is 0 Å². The van der Waals surface area contributed by atoms with Gasteiger partial charge in [-0.2, -0.15) is 14.6 Å². The molecule has 146 valence electrons. The summed E-state index contributed by atoms with van der Waals surface area (Å²) in [5.74, 6) is 0. The molecule has 0 aliphatic heterocycles. The number of rotatable bonds is 3. The van der Waals surface area contributed by atoms with E-state index in [1.807, 2.05) is 48.5 Å². The molecule has 2 aromatic carbocycles. The lowest BCUT2D eigenvalue weighted by Gasteiger charge is -2.18. The van der Waals surface area contributed by atoms with Gasteiger partial charge >= 0.3 is 0 Å². The first-order valence-electron chi connectivity index (χ1n) is 9.40. The first kappa shape index (κ1) is 19.2. The molecule has 0 unspecified atom stereocenters. The molecule has 0 aliphatic carbocycles. The fourth-order valence-electron chi connectivity index (χ4n) is 3.07. The van der Waals surface area contributed by atoms with Gasteiger partial charge < -0.3 is 0 Å². The summed E-state index contributed by atoms with van der Waals surface area (Å²) in [6.07, 6.45) is 2.16. The van der Waals surface area contributed by atoms with Crippen LogP contribution in [0.2, 0.25) is 0 Å². The topological polar surface area (TPSA) is 64.3 Å². The minimum Gasteiger partial charge on any atom is -0.266 e. The maximum Gasteiger partial charge on any atom is 0.296 e. The van der Waals surface area contributed by atoms with Gasteiger partial charge in [0, 0.05) is 6.42 Å². The van der Waals surface area contributed by atoms with E-state index in [1.54, 1.807) is 0 Å². The lowest BCUT2D eigenvalue weighted by molar-refractivity contribution is 0.590. The Morgan fingerprint density at radius 3 is 2.34 bits per heavy atom. The van der Waals surface area contributed by atoms with E-state index in [9.17, 15) is 9.59 Å². The zero-order chi connectivity index (χ0) is 20.6. The predicted molar refractivity (Wildman–Crippen MR) is 117 cm³/mol. The van der Waals surface area contributed by atoms with Crippen molar-refractivity contribution < 1.29 is 0 Å². The molecule has 2 heterocycles. The van der Waals surface area contributed by atoms with Crippen LogP contribution >= 0.6 is 11.3 Å². The van der Waals surface area contributed by atoms with Crippen LogP contribution in [0, 0.1) is 0 Å². The molecule has 0 saturated carbocycles. The van der Waals surface area contributed by atoms with E-state index < -0.39 is 5.56 Å². The van der Waals surface area contributed by atoms with Crippen molar-refractivity contribution in [3.8, 4) is 0 Å². The largest absolute Gasteiger partial charge is 0.296 e. The van der Waals surface area contributed by atoms with Crippen LogP contribution in [0.15, 0.2) is 64.2 Å². The molecule has 6 heteroatoms. The van der Waals surface area contributed by atoms with Crippen LogP contribution in [0.3, 0.4) is 0 Å². The van der Waals surface area contributed by atoms with E-state index in [0.717, 1.165) is 11.1 Å². The fraction of sp³-hybridized carbons (Fsp3) is 0.217. The molecule has 0 radical (unpaired) electrons. The van der Waals surface area contributed by atoms with Gasteiger partial charge in [-0.1, -0.05) is 86.7 Å². The summed E-state index contributed by atoms with van der Waals surface area (Å²) in [4.78, 5) is 29.6. The number of hydrogen-bond donors (Lipinski definition) is 0. The van der Waals surface area contributed by atoms with Crippen LogP contribution in [0.25, 0.3) is 11.0 Å². The van der Waals surface area contributed by atoms with Gasteiger partial charge in [-0.25, -0.2) is 0 Å². The van der Waals surface area contributed by atoms with Crippen molar-refractivity contribution in [2.45, 2.75) is 32.6 Å². The van der Waals surface area contributed by atoms with Gasteiger partial charge in [-0.3, -0.25) is 9.59 Å². The Kier molecular flexibility index (Phi) is 4.88. The van der Waals surface area contributed by atoms with Crippen molar-refractivity contribution in [3.05, 3.63) is 102 Å². The van der Waals surface area contributed by atoms with Crippen molar-refractivity contribution in [2.24, 2.45) is 0 Å². The van der Waals surface area contributed by atoms with E-state index in [-0.39, 0.29) is 16.7 Å². The smallest absolute Gasteiger partial charge is 0.266 e. The predicted octanol–water partition coefficient (Wildman–Crippen LogP) is 2.95. The highest BCUT2D eigenvalue weighted by molar-refractivity contribution is 7.15. The van der Waals surface area contributed by atoms with Gasteiger partial charge in [-0.15, -0.1) is 0 Å². The molecular formula is C23H21N3O2S. The molecular weight excluding hydrogens is 382 g/mol. The number of nitrogens with zero attached hydrogens (tertiary/aromatic N) is 3. The van der Waals surface area contributed by atoms with E-state index >= 15 is 0 Å². The van der Waals surface area contributed by atoms with Gasteiger partial charge in [-0.05, 0) is 28.2 Å². The second-order valence-corrected chi connectivity index (χ2v) is 9.02. The monoisotopic (exact) mass is 403 g/mol. The van der Waals surface area contributed by atoms with Crippen LogP contribution in [0.5, 0.6) is 0 Å². The van der Waals surface area contributed by atoms with Crippen molar-refractivity contribution in [3.63, 3.8) is 0 Å². The van der Waals surface area contributed by atoms with Crippen LogP contribution in [0.4, 0.5) is 0 Å². The van der Waals surface area contributed by atoms with Gasteiger partial charge in [0.1, 0.15) is 5.69 Å². The molecule has 0 N–H and O–H groups in total. The minimum atomic E-state index is -0.392. The highest BCUT2D eigenvalue weighted by atomic mass is 32.1. The quantitative estimate of drug-likeness (QED) is 0.528. The van der Waals surface area contributed by atoms with Crippen molar-refractivity contribution in [1.82, 2.24) is 14.6 Å². The molecule has 4 aromatic rings. The molecule has 0 amide bonds. The normalized spacial score (nSPS) is 12.6.